The molecule has 1 aromatic heterocycles. The number of hydrogen-bond donors (Lipinski definition) is 0. The molecule has 0 amide bonds. The molecule has 1 aliphatic rings. The Kier molecular flexibility index (Phi) is 6.56. The molecular formula is C23H21ClF5N3O2. The third-order valence-corrected chi connectivity index (χ3v) is 6.39. The maximum absolute atomic E-state index is 14.5. The molecule has 34 heavy (non-hydrogen) atoms. The van der Waals surface area contributed by atoms with Gasteiger partial charge in [-0.15, -0.1) is 0 Å². The van der Waals surface area contributed by atoms with Crippen LogP contribution in [0.4, 0.5) is 22.0 Å². The largest absolute Gasteiger partial charge is 0.465 e. The first-order valence-electron chi connectivity index (χ1n) is 10.5. The zero-order valence-corrected chi connectivity index (χ0v) is 19.1. The number of esters is 1. The first-order chi connectivity index (χ1) is 16.0. The second-order valence-corrected chi connectivity index (χ2v) is 8.71. The van der Waals surface area contributed by atoms with Crippen molar-refractivity contribution in [3.63, 3.8) is 0 Å². The molecule has 0 N–H and O–H groups in total. The maximum atomic E-state index is 14.5. The predicted molar refractivity (Wildman–Crippen MR) is 116 cm³/mol. The van der Waals surface area contributed by atoms with Crippen LogP contribution in [0.15, 0.2) is 24.3 Å². The number of piperidine rings is 1. The molecule has 4 rings (SSSR count). The summed E-state index contributed by atoms with van der Waals surface area (Å²) in [7, 11) is 1.18. The van der Waals surface area contributed by atoms with Crippen LogP contribution >= 0.6 is 11.6 Å². The molecule has 1 fully saturated rings. The van der Waals surface area contributed by atoms with Crippen LogP contribution < -0.4 is 0 Å². The summed E-state index contributed by atoms with van der Waals surface area (Å²) in [6.45, 7) is 2.69. The summed E-state index contributed by atoms with van der Waals surface area (Å²) in [4.78, 5) is 13.7. The van der Waals surface area contributed by atoms with Crippen LogP contribution in [-0.2, 0) is 17.5 Å². The highest BCUT2D eigenvalue weighted by atomic mass is 35.5. The van der Waals surface area contributed by atoms with E-state index in [-0.39, 0.29) is 23.7 Å². The fourth-order valence-corrected chi connectivity index (χ4v) is 4.58. The number of aryl methyl sites for hydroxylation is 1. The number of carbonyl (C=O) groups excluding carboxylic acids is 1. The van der Waals surface area contributed by atoms with Crippen LogP contribution in [0.3, 0.4) is 0 Å². The van der Waals surface area contributed by atoms with E-state index in [1.807, 2.05) is 4.90 Å². The standard InChI is InChI=1S/C23H21ClF5N3O2/c1-12-16-9-17(22(33)34-2)19(25)10-20(16)32(30-12)15-3-5-31(6-4-15)11-13-7-14(23(27,28)29)8-18(24)21(13)26/h7-10,15H,3-6,11H2,1-2H3. The summed E-state index contributed by atoms with van der Waals surface area (Å²) in [5.41, 5.74) is -0.110. The highest BCUT2D eigenvalue weighted by Gasteiger charge is 2.33. The minimum Gasteiger partial charge on any atom is -0.465 e. The lowest BCUT2D eigenvalue weighted by Gasteiger charge is -2.32. The molecule has 0 radical (unpaired) electrons. The van der Waals surface area contributed by atoms with Gasteiger partial charge in [0.2, 0.25) is 0 Å². The van der Waals surface area contributed by atoms with E-state index in [0.29, 0.717) is 48.6 Å². The summed E-state index contributed by atoms with van der Waals surface area (Å²) < 4.78 is 74.5. The molecule has 0 bridgehead atoms. The summed E-state index contributed by atoms with van der Waals surface area (Å²) >= 11 is 5.69. The van der Waals surface area contributed by atoms with Crippen LogP contribution in [0.5, 0.6) is 0 Å². The molecule has 0 saturated carbocycles. The highest BCUT2D eigenvalue weighted by Crippen LogP contribution is 2.35. The smallest absolute Gasteiger partial charge is 0.416 e. The van der Waals surface area contributed by atoms with E-state index < -0.39 is 34.4 Å². The number of ether oxygens (including phenoxy) is 1. The van der Waals surface area contributed by atoms with Gasteiger partial charge >= 0.3 is 12.1 Å². The fourth-order valence-electron chi connectivity index (χ4n) is 4.34. The first-order valence-corrected chi connectivity index (χ1v) is 10.9. The van der Waals surface area contributed by atoms with E-state index in [1.165, 1.54) is 19.2 Å². The van der Waals surface area contributed by atoms with Crippen LogP contribution in [0, 0.1) is 18.6 Å². The van der Waals surface area contributed by atoms with Crippen molar-refractivity contribution < 1.29 is 31.5 Å². The van der Waals surface area contributed by atoms with Crippen molar-refractivity contribution >= 4 is 28.5 Å². The number of nitrogens with zero attached hydrogens (tertiary/aromatic N) is 3. The van der Waals surface area contributed by atoms with Gasteiger partial charge in [0.05, 0.1) is 40.5 Å². The van der Waals surface area contributed by atoms with Crippen molar-refractivity contribution in [2.24, 2.45) is 0 Å². The van der Waals surface area contributed by atoms with Crippen molar-refractivity contribution in [1.82, 2.24) is 14.7 Å². The molecule has 0 aliphatic carbocycles. The number of rotatable bonds is 4. The second-order valence-electron chi connectivity index (χ2n) is 8.31. The number of aromatic nitrogens is 2. The Morgan fingerprint density at radius 1 is 1.18 bits per heavy atom. The van der Waals surface area contributed by atoms with Crippen LogP contribution in [0.1, 0.15) is 46.1 Å². The molecule has 0 unspecified atom stereocenters. The molecule has 1 saturated heterocycles. The number of alkyl halides is 3. The molecule has 3 aromatic rings. The van der Waals surface area contributed by atoms with E-state index in [4.69, 9.17) is 11.6 Å². The van der Waals surface area contributed by atoms with Gasteiger partial charge in [-0.05, 0) is 38.0 Å². The monoisotopic (exact) mass is 501 g/mol. The summed E-state index contributed by atoms with van der Waals surface area (Å²) in [5.74, 6) is -2.35. The lowest BCUT2D eigenvalue weighted by molar-refractivity contribution is -0.137. The van der Waals surface area contributed by atoms with Crippen LogP contribution in [-0.4, -0.2) is 40.8 Å². The lowest BCUT2D eigenvalue weighted by atomic mass is 10.0. The average molecular weight is 502 g/mol. The Balaban J connectivity index is 1.52. The molecule has 2 heterocycles. The Hall–Kier alpha value is -2.72. The Bertz CT molecular complexity index is 1250. The summed E-state index contributed by atoms with van der Waals surface area (Å²) in [6.07, 6.45) is -3.48. The summed E-state index contributed by atoms with van der Waals surface area (Å²) in [5, 5.41) is 4.60. The molecule has 5 nitrogen and oxygen atoms in total. The van der Waals surface area contributed by atoms with E-state index in [2.05, 4.69) is 9.84 Å². The van der Waals surface area contributed by atoms with Crippen molar-refractivity contribution in [1.29, 1.82) is 0 Å². The van der Waals surface area contributed by atoms with Gasteiger partial charge < -0.3 is 4.74 Å². The Morgan fingerprint density at radius 2 is 1.85 bits per heavy atom. The van der Waals surface area contributed by atoms with Gasteiger partial charge in [-0.3, -0.25) is 9.58 Å². The van der Waals surface area contributed by atoms with E-state index >= 15 is 0 Å². The van der Waals surface area contributed by atoms with Crippen LogP contribution in [0.2, 0.25) is 5.02 Å². The number of likely N-dealkylation sites (tertiary alicyclic amines) is 1. The predicted octanol–water partition coefficient (Wildman–Crippen LogP) is 5.92. The van der Waals surface area contributed by atoms with E-state index in [0.717, 1.165) is 6.07 Å². The molecule has 182 valence electrons. The average Bonchev–Trinajstić information content (AvgIpc) is 3.10. The van der Waals surface area contributed by atoms with Gasteiger partial charge in [0.15, 0.2) is 0 Å². The van der Waals surface area contributed by atoms with Crippen LogP contribution in [0.25, 0.3) is 10.9 Å². The third kappa shape index (κ3) is 4.61. The van der Waals surface area contributed by atoms with Crippen molar-refractivity contribution in [3.05, 3.63) is 63.3 Å². The van der Waals surface area contributed by atoms with Gasteiger partial charge in [-0.2, -0.15) is 18.3 Å². The minimum absolute atomic E-state index is 0.0157. The van der Waals surface area contributed by atoms with Gasteiger partial charge in [-0.1, -0.05) is 11.6 Å². The molecule has 1 aliphatic heterocycles. The lowest BCUT2D eigenvalue weighted by Crippen LogP contribution is -2.34. The normalized spacial score (nSPS) is 15.8. The molecular weight excluding hydrogens is 481 g/mol. The zero-order chi connectivity index (χ0) is 24.8. The molecule has 0 atom stereocenters. The van der Waals surface area contributed by atoms with Crippen molar-refractivity contribution in [2.45, 2.75) is 38.5 Å². The summed E-state index contributed by atoms with van der Waals surface area (Å²) in [6, 6.07) is 3.96. The van der Waals surface area contributed by atoms with E-state index in [1.54, 1.807) is 11.6 Å². The number of benzene rings is 2. The SMILES string of the molecule is COC(=O)c1cc2c(C)nn(C3CCN(Cc4cc(C(F)(F)F)cc(Cl)c4F)CC3)c2cc1F. The number of methoxy groups -OCH3 is 1. The minimum atomic E-state index is -4.62. The number of hydrogen-bond acceptors (Lipinski definition) is 4. The Morgan fingerprint density at radius 3 is 2.47 bits per heavy atom. The van der Waals surface area contributed by atoms with Gasteiger partial charge in [0, 0.05) is 36.7 Å². The maximum Gasteiger partial charge on any atom is 0.416 e. The molecule has 2 aromatic carbocycles. The first kappa shape index (κ1) is 24.4. The fraction of sp³-hybridized carbons (Fsp3) is 0.391. The second kappa shape index (κ2) is 9.14. The Labute approximate surface area is 197 Å². The molecule has 11 heteroatoms. The highest BCUT2D eigenvalue weighted by molar-refractivity contribution is 6.30. The molecule has 0 spiro atoms. The third-order valence-electron chi connectivity index (χ3n) is 6.11. The number of halogens is 6. The van der Waals surface area contributed by atoms with Gasteiger partial charge in [0.25, 0.3) is 0 Å². The van der Waals surface area contributed by atoms with Gasteiger partial charge in [-0.25, -0.2) is 13.6 Å². The topological polar surface area (TPSA) is 47.4 Å². The number of carbonyl (C=O) groups is 1. The zero-order valence-electron chi connectivity index (χ0n) is 18.3. The quantitative estimate of drug-likeness (QED) is 0.329. The van der Waals surface area contributed by atoms with Gasteiger partial charge in [0.1, 0.15) is 11.6 Å². The van der Waals surface area contributed by atoms with Crippen molar-refractivity contribution in [3.8, 4) is 0 Å². The van der Waals surface area contributed by atoms with Crippen molar-refractivity contribution in [2.75, 3.05) is 20.2 Å². The number of fused-ring (bicyclic) bond motifs is 1. The van der Waals surface area contributed by atoms with E-state index in [9.17, 15) is 26.7 Å².